The first kappa shape index (κ1) is 13.8. The number of rotatable bonds is 1. The minimum atomic E-state index is -1.36. The second-order valence-electron chi connectivity index (χ2n) is 6.44. The lowest BCUT2D eigenvalue weighted by molar-refractivity contribution is -0.0553. The van der Waals surface area contributed by atoms with Crippen molar-refractivity contribution in [2.75, 3.05) is 4.90 Å². The Morgan fingerprint density at radius 2 is 1.52 bits per heavy atom. The molecule has 1 heterocycles. The first-order chi connectivity index (χ1) is 9.87. The lowest BCUT2D eigenvalue weighted by Gasteiger charge is -2.44. The Morgan fingerprint density at radius 1 is 0.952 bits per heavy atom. The molecule has 1 N–H and O–H groups in total. The molecule has 0 bridgehead atoms. The summed E-state index contributed by atoms with van der Waals surface area (Å²) in [5, 5.41) is 11.5. The molecule has 0 saturated carbocycles. The number of anilines is 1. The smallest absolute Gasteiger partial charge is 0.261 e. The molecule has 3 heteroatoms. The van der Waals surface area contributed by atoms with Crippen LogP contribution in [0.5, 0.6) is 0 Å². The average molecular weight is 281 g/mol. The zero-order chi connectivity index (χ0) is 15.3. The second kappa shape index (κ2) is 4.43. The van der Waals surface area contributed by atoms with Crippen molar-refractivity contribution in [3.8, 4) is 0 Å². The van der Waals surface area contributed by atoms with Gasteiger partial charge in [0.05, 0.1) is 0 Å². The summed E-state index contributed by atoms with van der Waals surface area (Å²) in [4.78, 5) is 14.3. The van der Waals surface area contributed by atoms with Gasteiger partial charge in [0.1, 0.15) is 0 Å². The zero-order valence-electron chi connectivity index (χ0n) is 12.5. The monoisotopic (exact) mass is 281 g/mol. The average Bonchev–Trinajstić information content (AvgIpc) is 2.70. The summed E-state index contributed by atoms with van der Waals surface area (Å²) >= 11 is 0. The molecule has 1 aliphatic heterocycles. The highest BCUT2D eigenvalue weighted by Crippen LogP contribution is 2.50. The van der Waals surface area contributed by atoms with Gasteiger partial charge in [0, 0.05) is 22.2 Å². The van der Waals surface area contributed by atoms with E-state index in [4.69, 9.17) is 0 Å². The molecule has 21 heavy (non-hydrogen) atoms. The van der Waals surface area contributed by atoms with Gasteiger partial charge in [-0.25, -0.2) is 0 Å². The first-order valence-corrected chi connectivity index (χ1v) is 7.09. The highest BCUT2D eigenvalue weighted by Gasteiger charge is 2.55. The highest BCUT2D eigenvalue weighted by atomic mass is 16.3. The molecule has 2 aromatic carbocycles. The van der Waals surface area contributed by atoms with Gasteiger partial charge >= 0.3 is 0 Å². The van der Waals surface area contributed by atoms with Crippen molar-refractivity contribution in [1.82, 2.24) is 0 Å². The first-order valence-electron chi connectivity index (χ1n) is 7.09. The van der Waals surface area contributed by atoms with E-state index in [1.165, 1.54) is 4.90 Å². The maximum atomic E-state index is 12.8. The van der Waals surface area contributed by atoms with Crippen molar-refractivity contribution in [2.24, 2.45) is 5.41 Å². The number of amides is 1. The molecule has 0 aromatic heterocycles. The van der Waals surface area contributed by atoms with E-state index in [0.29, 0.717) is 16.8 Å². The van der Waals surface area contributed by atoms with Crippen LogP contribution in [-0.4, -0.2) is 11.0 Å². The van der Waals surface area contributed by atoms with E-state index >= 15 is 0 Å². The number of aliphatic hydroxyl groups is 1. The van der Waals surface area contributed by atoms with Crippen LogP contribution < -0.4 is 4.90 Å². The fourth-order valence-electron chi connectivity index (χ4n) is 2.98. The van der Waals surface area contributed by atoms with Crippen LogP contribution in [0, 0.1) is 5.41 Å². The van der Waals surface area contributed by atoms with Crippen molar-refractivity contribution < 1.29 is 9.90 Å². The molecule has 0 fully saturated rings. The second-order valence-corrected chi connectivity index (χ2v) is 6.44. The number of carbonyl (C=O) groups excluding carboxylic acids is 1. The number of hydrogen-bond donors (Lipinski definition) is 1. The Morgan fingerprint density at radius 3 is 2.14 bits per heavy atom. The van der Waals surface area contributed by atoms with Gasteiger partial charge in [0.25, 0.3) is 5.91 Å². The number of benzene rings is 2. The third kappa shape index (κ3) is 1.81. The van der Waals surface area contributed by atoms with Crippen LogP contribution >= 0.6 is 0 Å². The molecule has 1 amide bonds. The third-order valence-corrected chi connectivity index (χ3v) is 4.12. The van der Waals surface area contributed by atoms with Crippen LogP contribution in [0.4, 0.5) is 5.69 Å². The molecule has 0 aliphatic carbocycles. The Labute approximate surface area is 124 Å². The van der Waals surface area contributed by atoms with E-state index in [0.717, 1.165) is 0 Å². The number of nitrogens with zero attached hydrogens (tertiary/aromatic N) is 1. The molecule has 0 saturated heterocycles. The van der Waals surface area contributed by atoms with E-state index in [2.05, 4.69) is 0 Å². The largest absolute Gasteiger partial charge is 0.366 e. The van der Waals surface area contributed by atoms with E-state index in [-0.39, 0.29) is 5.91 Å². The summed E-state index contributed by atoms with van der Waals surface area (Å²) in [6, 6.07) is 16.6. The summed E-state index contributed by atoms with van der Waals surface area (Å²) < 4.78 is 0. The van der Waals surface area contributed by atoms with Crippen molar-refractivity contribution in [1.29, 1.82) is 0 Å². The van der Waals surface area contributed by atoms with Gasteiger partial charge in [-0.2, -0.15) is 0 Å². The molecule has 108 valence electrons. The van der Waals surface area contributed by atoms with Crippen LogP contribution in [0.2, 0.25) is 0 Å². The van der Waals surface area contributed by atoms with Gasteiger partial charge in [-0.1, -0.05) is 57.2 Å². The van der Waals surface area contributed by atoms with Crippen LogP contribution in [-0.2, 0) is 5.72 Å². The molecule has 1 aliphatic rings. The molecule has 3 rings (SSSR count). The zero-order valence-corrected chi connectivity index (χ0v) is 12.5. The van der Waals surface area contributed by atoms with Gasteiger partial charge in [-0.3, -0.25) is 9.69 Å². The summed E-state index contributed by atoms with van der Waals surface area (Å²) in [7, 11) is 0. The SMILES string of the molecule is CC(C)(C)[C@]1(O)c2ccccc2C(=O)N1c1ccccc1. The van der Waals surface area contributed by atoms with E-state index < -0.39 is 11.1 Å². The van der Waals surface area contributed by atoms with Crippen LogP contribution in [0.1, 0.15) is 36.7 Å². The quantitative estimate of drug-likeness (QED) is 0.868. The lowest BCUT2D eigenvalue weighted by atomic mass is 9.78. The lowest BCUT2D eigenvalue weighted by Crippen LogP contribution is -2.52. The number of carbonyl (C=O) groups is 1. The van der Waals surface area contributed by atoms with Gasteiger partial charge < -0.3 is 5.11 Å². The molecule has 2 aromatic rings. The third-order valence-electron chi connectivity index (χ3n) is 4.12. The highest BCUT2D eigenvalue weighted by molar-refractivity contribution is 6.11. The molecule has 1 atom stereocenters. The Kier molecular flexibility index (Phi) is 2.92. The Bertz CT molecular complexity index is 688. The fourth-order valence-corrected chi connectivity index (χ4v) is 2.98. The molecular weight excluding hydrogens is 262 g/mol. The van der Waals surface area contributed by atoms with Crippen LogP contribution in [0.3, 0.4) is 0 Å². The standard InChI is InChI=1S/C18H19NO2/c1-17(2,3)18(21)15-12-8-7-11-14(15)16(20)19(18)13-9-5-4-6-10-13/h4-12,21H,1-3H3/t18-/m1/s1. The number of fused-ring (bicyclic) bond motifs is 1. The van der Waals surface area contributed by atoms with Gasteiger partial charge in [0.15, 0.2) is 5.72 Å². The van der Waals surface area contributed by atoms with Crippen LogP contribution in [0.25, 0.3) is 0 Å². The topological polar surface area (TPSA) is 40.5 Å². The van der Waals surface area contributed by atoms with Crippen molar-refractivity contribution in [3.05, 3.63) is 65.7 Å². The van der Waals surface area contributed by atoms with E-state index in [1.807, 2.05) is 69.3 Å². The maximum absolute atomic E-state index is 12.8. The van der Waals surface area contributed by atoms with E-state index in [1.54, 1.807) is 6.07 Å². The van der Waals surface area contributed by atoms with Crippen LogP contribution in [0.15, 0.2) is 54.6 Å². The normalized spacial score (nSPS) is 21.5. The minimum Gasteiger partial charge on any atom is -0.366 e. The van der Waals surface area contributed by atoms with Gasteiger partial charge in [-0.15, -0.1) is 0 Å². The Hall–Kier alpha value is -2.13. The summed E-state index contributed by atoms with van der Waals surface area (Å²) in [5.41, 5.74) is 0.0638. The fraction of sp³-hybridized carbons (Fsp3) is 0.278. The van der Waals surface area contributed by atoms with Crippen molar-refractivity contribution >= 4 is 11.6 Å². The molecular formula is C18H19NO2. The predicted molar refractivity (Wildman–Crippen MR) is 83.0 cm³/mol. The molecule has 0 spiro atoms. The van der Waals surface area contributed by atoms with E-state index in [9.17, 15) is 9.90 Å². The number of para-hydroxylation sites is 1. The van der Waals surface area contributed by atoms with Gasteiger partial charge in [-0.05, 0) is 18.2 Å². The Balaban J connectivity index is 2.28. The number of hydrogen-bond acceptors (Lipinski definition) is 2. The van der Waals surface area contributed by atoms with Gasteiger partial charge in [0.2, 0.25) is 0 Å². The molecule has 0 unspecified atom stereocenters. The summed E-state index contributed by atoms with van der Waals surface area (Å²) in [5.74, 6) is -0.158. The summed E-state index contributed by atoms with van der Waals surface area (Å²) in [6.45, 7) is 5.83. The minimum absolute atomic E-state index is 0.158. The summed E-state index contributed by atoms with van der Waals surface area (Å²) in [6.07, 6.45) is 0. The van der Waals surface area contributed by atoms with Crippen molar-refractivity contribution in [3.63, 3.8) is 0 Å². The molecule has 3 nitrogen and oxygen atoms in total. The predicted octanol–water partition coefficient (Wildman–Crippen LogP) is 3.54. The maximum Gasteiger partial charge on any atom is 0.261 e. The molecule has 0 radical (unpaired) electrons. The van der Waals surface area contributed by atoms with Crippen molar-refractivity contribution in [2.45, 2.75) is 26.5 Å².